The number of rotatable bonds is 4. The van der Waals surface area contributed by atoms with E-state index >= 15 is 0 Å². The fourth-order valence-corrected chi connectivity index (χ4v) is 1.77. The van der Waals surface area contributed by atoms with E-state index in [9.17, 15) is 0 Å². The Bertz CT molecular complexity index is 345. The van der Waals surface area contributed by atoms with Gasteiger partial charge in [0.2, 0.25) is 5.96 Å². The van der Waals surface area contributed by atoms with Gasteiger partial charge in [-0.1, -0.05) is 13.8 Å². The van der Waals surface area contributed by atoms with Crippen LogP contribution >= 0.6 is 11.3 Å². The first-order valence-corrected chi connectivity index (χ1v) is 6.15. The van der Waals surface area contributed by atoms with Gasteiger partial charge in [0.1, 0.15) is 5.01 Å². The van der Waals surface area contributed by atoms with Gasteiger partial charge >= 0.3 is 0 Å². The zero-order valence-corrected chi connectivity index (χ0v) is 10.8. The van der Waals surface area contributed by atoms with Gasteiger partial charge in [0, 0.05) is 17.6 Å². The van der Waals surface area contributed by atoms with Gasteiger partial charge < -0.3 is 5.32 Å². The molecule has 0 aliphatic heterocycles. The first-order valence-electron chi connectivity index (χ1n) is 5.27. The van der Waals surface area contributed by atoms with Crippen LogP contribution in [0.2, 0.25) is 0 Å². The average Bonchev–Trinajstić information content (AvgIpc) is 2.64. The minimum Gasteiger partial charge on any atom is -0.355 e. The van der Waals surface area contributed by atoms with Crippen LogP contribution in [0.1, 0.15) is 24.5 Å². The van der Waals surface area contributed by atoms with E-state index in [0.29, 0.717) is 18.4 Å². The van der Waals surface area contributed by atoms with Crippen molar-refractivity contribution in [2.24, 2.45) is 16.8 Å². The lowest BCUT2D eigenvalue weighted by atomic mass is 10.2. The number of aliphatic imine (C=N–C) groups is 1. The van der Waals surface area contributed by atoms with Crippen molar-refractivity contribution in [2.45, 2.75) is 27.3 Å². The second-order valence-electron chi connectivity index (χ2n) is 3.97. The molecule has 0 bridgehead atoms. The summed E-state index contributed by atoms with van der Waals surface area (Å²) in [6, 6.07) is 0. The third kappa shape index (κ3) is 4.59. The summed E-state index contributed by atoms with van der Waals surface area (Å²) < 4.78 is 0. The molecule has 1 aromatic heterocycles. The second-order valence-corrected chi connectivity index (χ2v) is 4.91. The zero-order chi connectivity index (χ0) is 12.0. The van der Waals surface area contributed by atoms with Gasteiger partial charge in [-0.15, -0.1) is 11.3 Å². The van der Waals surface area contributed by atoms with Crippen molar-refractivity contribution in [3.8, 4) is 0 Å². The number of nitrogens with one attached hydrogen (secondary N) is 2. The molecule has 0 saturated carbocycles. The first kappa shape index (κ1) is 12.9. The summed E-state index contributed by atoms with van der Waals surface area (Å²) in [7, 11) is 0. The highest BCUT2D eigenvalue weighted by Crippen LogP contribution is 2.09. The van der Waals surface area contributed by atoms with E-state index in [1.54, 1.807) is 11.3 Å². The second kappa shape index (κ2) is 6.44. The van der Waals surface area contributed by atoms with Crippen molar-refractivity contribution in [3.05, 3.63) is 16.1 Å². The molecule has 0 aliphatic rings. The summed E-state index contributed by atoms with van der Waals surface area (Å²) in [6.45, 7) is 7.64. The molecule has 0 radical (unpaired) electrons. The Hall–Kier alpha value is -1.14. The molecule has 0 fully saturated rings. The zero-order valence-electron chi connectivity index (χ0n) is 9.95. The average molecular weight is 241 g/mol. The Balaban J connectivity index is 2.46. The molecular weight excluding hydrogens is 222 g/mol. The molecule has 4 N–H and O–H groups in total. The van der Waals surface area contributed by atoms with Crippen LogP contribution in [0.4, 0.5) is 0 Å². The molecule has 0 spiro atoms. The highest BCUT2D eigenvalue weighted by molar-refractivity contribution is 7.09. The van der Waals surface area contributed by atoms with Crippen molar-refractivity contribution in [1.29, 1.82) is 0 Å². The van der Waals surface area contributed by atoms with Crippen molar-refractivity contribution < 1.29 is 0 Å². The maximum Gasteiger partial charge on any atom is 0.206 e. The fourth-order valence-electron chi connectivity index (χ4n) is 1.08. The molecule has 16 heavy (non-hydrogen) atoms. The molecular formula is C10H19N5S. The standard InChI is InChI=1S/C10H19N5S/c1-7(2)4-12-10(15-11)13-5-9-14-8(3)6-16-9/h6-7H,4-5,11H2,1-3H3,(H2,12,13,15). The van der Waals surface area contributed by atoms with Crippen LogP contribution < -0.4 is 16.6 Å². The summed E-state index contributed by atoms with van der Waals surface area (Å²) in [6.07, 6.45) is 0. The first-order chi connectivity index (χ1) is 7.61. The number of aryl methyl sites for hydroxylation is 1. The van der Waals surface area contributed by atoms with Gasteiger partial charge in [0.15, 0.2) is 0 Å². The highest BCUT2D eigenvalue weighted by Gasteiger charge is 2.00. The molecule has 0 amide bonds. The van der Waals surface area contributed by atoms with Crippen molar-refractivity contribution >= 4 is 17.3 Å². The van der Waals surface area contributed by atoms with Crippen LogP contribution in [-0.4, -0.2) is 17.5 Å². The number of thiazole rings is 1. The van der Waals surface area contributed by atoms with Gasteiger partial charge in [-0.3, -0.25) is 5.43 Å². The van der Waals surface area contributed by atoms with Crippen LogP contribution in [0.15, 0.2) is 10.4 Å². The molecule has 0 aliphatic carbocycles. The number of hydrogen-bond acceptors (Lipinski definition) is 4. The van der Waals surface area contributed by atoms with Crippen LogP contribution in [0.25, 0.3) is 0 Å². The molecule has 0 saturated heterocycles. The predicted molar refractivity (Wildman–Crippen MR) is 68.2 cm³/mol. The molecule has 90 valence electrons. The number of hydrogen-bond donors (Lipinski definition) is 3. The largest absolute Gasteiger partial charge is 0.355 e. The van der Waals surface area contributed by atoms with Crippen molar-refractivity contribution in [3.63, 3.8) is 0 Å². The van der Waals surface area contributed by atoms with Crippen LogP contribution in [-0.2, 0) is 6.54 Å². The van der Waals surface area contributed by atoms with E-state index in [1.807, 2.05) is 12.3 Å². The van der Waals surface area contributed by atoms with Crippen molar-refractivity contribution in [1.82, 2.24) is 15.7 Å². The number of aromatic nitrogens is 1. The van der Waals surface area contributed by atoms with E-state index in [2.05, 4.69) is 34.6 Å². The maximum atomic E-state index is 5.37. The van der Waals surface area contributed by atoms with E-state index in [-0.39, 0.29) is 0 Å². The maximum absolute atomic E-state index is 5.37. The molecule has 1 heterocycles. The lowest BCUT2D eigenvalue weighted by molar-refractivity contribution is 0.615. The Morgan fingerprint density at radius 2 is 2.38 bits per heavy atom. The molecule has 0 aromatic carbocycles. The minimum absolute atomic E-state index is 0.556. The van der Waals surface area contributed by atoms with E-state index < -0.39 is 0 Å². The Morgan fingerprint density at radius 1 is 1.62 bits per heavy atom. The predicted octanol–water partition coefficient (Wildman–Crippen LogP) is 1.02. The van der Waals surface area contributed by atoms with E-state index in [4.69, 9.17) is 5.84 Å². The third-order valence-corrected chi connectivity index (χ3v) is 2.80. The molecule has 1 rings (SSSR count). The molecule has 1 aromatic rings. The van der Waals surface area contributed by atoms with Crippen LogP contribution in [0.5, 0.6) is 0 Å². The summed E-state index contributed by atoms with van der Waals surface area (Å²) in [5, 5.41) is 6.15. The fraction of sp³-hybridized carbons (Fsp3) is 0.600. The van der Waals surface area contributed by atoms with Gasteiger partial charge in [-0.05, 0) is 12.8 Å². The summed E-state index contributed by atoms with van der Waals surface area (Å²) in [5.41, 5.74) is 3.59. The van der Waals surface area contributed by atoms with Gasteiger partial charge in [-0.2, -0.15) is 0 Å². The third-order valence-electron chi connectivity index (χ3n) is 1.85. The SMILES string of the molecule is Cc1csc(CN=C(NN)NCC(C)C)n1. The number of hydrazine groups is 1. The quantitative estimate of drug-likeness (QED) is 0.318. The van der Waals surface area contributed by atoms with E-state index in [1.165, 1.54) is 0 Å². The normalized spacial score (nSPS) is 11.9. The Kier molecular flexibility index (Phi) is 5.21. The molecule has 0 unspecified atom stereocenters. The van der Waals surface area contributed by atoms with Gasteiger partial charge in [0.25, 0.3) is 0 Å². The topological polar surface area (TPSA) is 75.3 Å². The van der Waals surface area contributed by atoms with Crippen LogP contribution in [0, 0.1) is 12.8 Å². The van der Waals surface area contributed by atoms with Gasteiger partial charge in [-0.25, -0.2) is 15.8 Å². The summed E-state index contributed by atoms with van der Waals surface area (Å²) in [4.78, 5) is 8.64. The number of guanidine groups is 1. The number of nitrogens with two attached hydrogens (primary N) is 1. The van der Waals surface area contributed by atoms with Crippen molar-refractivity contribution in [2.75, 3.05) is 6.54 Å². The smallest absolute Gasteiger partial charge is 0.206 e. The molecule has 5 nitrogen and oxygen atoms in total. The lowest BCUT2D eigenvalue weighted by Crippen LogP contribution is -2.42. The number of nitrogens with zero attached hydrogens (tertiary/aromatic N) is 2. The molecule has 6 heteroatoms. The lowest BCUT2D eigenvalue weighted by Gasteiger charge is -2.10. The summed E-state index contributed by atoms with van der Waals surface area (Å²) in [5.74, 6) is 6.54. The molecule has 0 atom stereocenters. The Labute approximate surface area is 100 Å². The summed E-state index contributed by atoms with van der Waals surface area (Å²) >= 11 is 1.61. The van der Waals surface area contributed by atoms with Gasteiger partial charge in [0.05, 0.1) is 6.54 Å². The highest BCUT2D eigenvalue weighted by atomic mass is 32.1. The minimum atomic E-state index is 0.556. The van der Waals surface area contributed by atoms with E-state index in [0.717, 1.165) is 17.2 Å². The van der Waals surface area contributed by atoms with Crippen LogP contribution in [0.3, 0.4) is 0 Å². The Morgan fingerprint density at radius 3 is 2.88 bits per heavy atom. The monoisotopic (exact) mass is 241 g/mol.